The van der Waals surface area contributed by atoms with E-state index < -0.39 is 0 Å². The summed E-state index contributed by atoms with van der Waals surface area (Å²) in [4.78, 5) is 21.8. The number of anilines is 1. The van der Waals surface area contributed by atoms with Crippen molar-refractivity contribution in [2.24, 2.45) is 12.5 Å². The molecule has 2 fully saturated rings. The lowest BCUT2D eigenvalue weighted by molar-refractivity contribution is -0.136. The summed E-state index contributed by atoms with van der Waals surface area (Å²) in [5.74, 6) is 1.11. The first kappa shape index (κ1) is 24.2. The number of aryl methyl sites for hydroxylation is 2. The maximum Gasteiger partial charge on any atom is 0.245 e. The Morgan fingerprint density at radius 1 is 1.14 bits per heavy atom. The predicted octanol–water partition coefficient (Wildman–Crippen LogP) is 4.64. The Balaban J connectivity index is 1.50. The van der Waals surface area contributed by atoms with E-state index in [9.17, 15) is 4.79 Å². The third-order valence-electron chi connectivity index (χ3n) is 8.87. The highest BCUT2D eigenvalue weighted by Gasteiger charge is 2.49. The molecule has 0 N–H and O–H groups in total. The molecule has 1 amide bonds. The van der Waals surface area contributed by atoms with Gasteiger partial charge >= 0.3 is 0 Å². The van der Waals surface area contributed by atoms with Crippen LogP contribution < -0.4 is 4.90 Å². The van der Waals surface area contributed by atoms with Crippen molar-refractivity contribution < 1.29 is 9.53 Å². The van der Waals surface area contributed by atoms with Gasteiger partial charge < -0.3 is 14.5 Å². The minimum absolute atomic E-state index is 0.0341. The molecular weight excluding hydrogens is 462 g/mol. The van der Waals surface area contributed by atoms with Crippen LogP contribution in [0.25, 0.3) is 22.0 Å². The highest BCUT2D eigenvalue weighted by atomic mass is 16.5. The Morgan fingerprint density at radius 3 is 2.62 bits per heavy atom. The summed E-state index contributed by atoms with van der Waals surface area (Å²) >= 11 is 0. The van der Waals surface area contributed by atoms with Crippen molar-refractivity contribution in [2.45, 2.75) is 59.7 Å². The Morgan fingerprint density at radius 2 is 1.89 bits per heavy atom. The molecule has 0 unspecified atom stereocenters. The molecule has 5 heterocycles. The number of carbonyl (C=O) groups excluding carboxylic acids is 1. The SMILES string of the molecule is C=CC(=O)N1CC2(CCN(c3nc4c(c(-c5c(C)c(C)cc6cnn(C)c56)c3C)COC(C)(C)C4)C2)C1. The van der Waals surface area contributed by atoms with Gasteiger partial charge in [0.05, 0.1) is 29.6 Å². The van der Waals surface area contributed by atoms with Gasteiger partial charge in [-0.1, -0.05) is 6.58 Å². The van der Waals surface area contributed by atoms with Crippen LogP contribution in [0.1, 0.15) is 48.2 Å². The van der Waals surface area contributed by atoms with Crippen LogP contribution >= 0.6 is 0 Å². The largest absolute Gasteiger partial charge is 0.370 e. The lowest BCUT2D eigenvalue weighted by atomic mass is 9.79. The number of hydrogen-bond acceptors (Lipinski definition) is 5. The molecule has 3 aliphatic rings. The molecule has 7 heteroatoms. The summed E-state index contributed by atoms with van der Waals surface area (Å²) in [6.45, 7) is 18.6. The Bertz CT molecular complexity index is 1460. The number of carbonyl (C=O) groups is 1. The molecule has 0 aliphatic carbocycles. The number of amides is 1. The van der Waals surface area contributed by atoms with Gasteiger partial charge in [-0.15, -0.1) is 0 Å². The van der Waals surface area contributed by atoms with E-state index in [0.717, 1.165) is 61.4 Å². The molecule has 0 atom stereocenters. The molecule has 0 radical (unpaired) electrons. The van der Waals surface area contributed by atoms with E-state index in [4.69, 9.17) is 9.72 Å². The van der Waals surface area contributed by atoms with E-state index in [0.29, 0.717) is 6.61 Å². The maximum atomic E-state index is 12.1. The molecule has 6 rings (SSSR count). The number of pyridine rings is 1. The average molecular weight is 500 g/mol. The van der Waals surface area contributed by atoms with Gasteiger partial charge in [0.25, 0.3) is 0 Å². The minimum atomic E-state index is -0.251. The van der Waals surface area contributed by atoms with Gasteiger partial charge in [-0.25, -0.2) is 4.98 Å². The number of likely N-dealkylation sites (tertiary alicyclic amines) is 1. The molecule has 3 aliphatic heterocycles. The predicted molar refractivity (Wildman–Crippen MR) is 147 cm³/mol. The molecule has 0 bridgehead atoms. The number of hydrogen-bond donors (Lipinski definition) is 0. The standard InChI is InChI=1S/C30H37N5O2/c1-8-24(36)35-16-30(17-35)9-10-34(15-30)28-20(4)25(22-14-37-29(5,6)12-23(22)32-28)26-19(3)18(2)11-21-13-31-33(7)27(21)26/h8,11,13H,1,9-10,12,14-17H2,2-7H3. The zero-order valence-corrected chi connectivity index (χ0v) is 22.9. The van der Waals surface area contributed by atoms with E-state index in [1.165, 1.54) is 39.5 Å². The lowest BCUT2D eigenvalue weighted by Gasteiger charge is -2.47. The minimum Gasteiger partial charge on any atom is -0.370 e. The fraction of sp³-hybridized carbons (Fsp3) is 0.500. The average Bonchev–Trinajstić information content (AvgIpc) is 3.43. The summed E-state index contributed by atoms with van der Waals surface area (Å²) < 4.78 is 8.35. The van der Waals surface area contributed by atoms with Crippen LogP contribution in [0.15, 0.2) is 24.9 Å². The number of nitrogens with zero attached hydrogens (tertiary/aromatic N) is 5. The Hall–Kier alpha value is -3.19. The Kier molecular flexibility index (Phi) is 5.33. The number of aromatic nitrogens is 3. The first-order chi connectivity index (χ1) is 17.5. The van der Waals surface area contributed by atoms with Gasteiger partial charge in [0, 0.05) is 61.6 Å². The summed E-state index contributed by atoms with van der Waals surface area (Å²) in [6.07, 6.45) is 5.24. The maximum absolute atomic E-state index is 12.1. The van der Waals surface area contributed by atoms with Crippen LogP contribution in [-0.4, -0.2) is 57.4 Å². The number of rotatable bonds is 3. The third-order valence-corrected chi connectivity index (χ3v) is 8.87. The van der Waals surface area contributed by atoms with Crippen molar-refractivity contribution in [2.75, 3.05) is 31.1 Å². The van der Waals surface area contributed by atoms with E-state index in [-0.39, 0.29) is 16.9 Å². The topological polar surface area (TPSA) is 63.5 Å². The highest BCUT2D eigenvalue weighted by Crippen LogP contribution is 2.46. The molecular formula is C30H37N5O2. The zero-order valence-electron chi connectivity index (χ0n) is 22.9. The summed E-state index contributed by atoms with van der Waals surface area (Å²) in [5.41, 5.74) is 9.65. The zero-order chi connectivity index (χ0) is 26.3. The van der Waals surface area contributed by atoms with Crippen LogP contribution in [0.2, 0.25) is 0 Å². The second-order valence-electron chi connectivity index (χ2n) is 12.1. The first-order valence-corrected chi connectivity index (χ1v) is 13.3. The van der Waals surface area contributed by atoms with Gasteiger partial charge in [-0.2, -0.15) is 5.10 Å². The van der Waals surface area contributed by atoms with Crippen LogP contribution in [0.3, 0.4) is 0 Å². The first-order valence-electron chi connectivity index (χ1n) is 13.3. The van der Waals surface area contributed by atoms with E-state index >= 15 is 0 Å². The molecule has 3 aromatic rings. The van der Waals surface area contributed by atoms with Crippen molar-refractivity contribution in [1.82, 2.24) is 19.7 Å². The Labute approximate surface area is 219 Å². The van der Waals surface area contributed by atoms with Crippen molar-refractivity contribution in [1.29, 1.82) is 0 Å². The summed E-state index contributed by atoms with van der Waals surface area (Å²) in [5, 5.41) is 5.77. The molecule has 2 aromatic heterocycles. The second kappa shape index (κ2) is 8.15. The van der Waals surface area contributed by atoms with Gasteiger partial charge in [-0.05, 0) is 75.4 Å². The molecule has 1 spiro atoms. The lowest BCUT2D eigenvalue weighted by Crippen LogP contribution is -2.59. The summed E-state index contributed by atoms with van der Waals surface area (Å²) in [7, 11) is 2.03. The second-order valence-corrected chi connectivity index (χ2v) is 12.1. The third kappa shape index (κ3) is 3.69. The van der Waals surface area contributed by atoms with Crippen molar-refractivity contribution in [3.8, 4) is 11.1 Å². The van der Waals surface area contributed by atoms with E-state index in [1.54, 1.807) is 0 Å². The fourth-order valence-electron chi connectivity index (χ4n) is 6.74. The summed E-state index contributed by atoms with van der Waals surface area (Å²) in [6, 6.07) is 2.24. The molecule has 0 saturated carbocycles. The monoisotopic (exact) mass is 499 g/mol. The van der Waals surface area contributed by atoms with E-state index in [2.05, 4.69) is 57.3 Å². The van der Waals surface area contributed by atoms with Crippen LogP contribution in [0.5, 0.6) is 0 Å². The van der Waals surface area contributed by atoms with Gasteiger partial charge in [0.1, 0.15) is 5.82 Å². The molecule has 2 saturated heterocycles. The smallest absolute Gasteiger partial charge is 0.245 e. The van der Waals surface area contributed by atoms with Crippen molar-refractivity contribution in [3.63, 3.8) is 0 Å². The molecule has 1 aromatic carbocycles. The normalized spacial score (nSPS) is 19.8. The highest BCUT2D eigenvalue weighted by molar-refractivity contribution is 5.99. The van der Waals surface area contributed by atoms with Crippen LogP contribution in [0, 0.1) is 26.2 Å². The van der Waals surface area contributed by atoms with Gasteiger partial charge in [-0.3, -0.25) is 9.48 Å². The molecule has 7 nitrogen and oxygen atoms in total. The van der Waals surface area contributed by atoms with Crippen molar-refractivity contribution in [3.05, 3.63) is 52.9 Å². The molecule has 194 valence electrons. The molecule has 37 heavy (non-hydrogen) atoms. The van der Waals surface area contributed by atoms with Crippen LogP contribution in [0.4, 0.5) is 5.82 Å². The van der Waals surface area contributed by atoms with Crippen molar-refractivity contribution >= 4 is 22.6 Å². The van der Waals surface area contributed by atoms with Crippen LogP contribution in [-0.2, 0) is 29.6 Å². The number of fused-ring (bicyclic) bond motifs is 2. The fourth-order valence-corrected chi connectivity index (χ4v) is 6.74. The van der Waals surface area contributed by atoms with Gasteiger partial charge in [0.15, 0.2) is 0 Å². The van der Waals surface area contributed by atoms with Gasteiger partial charge in [0.2, 0.25) is 5.91 Å². The quantitative estimate of drug-likeness (QED) is 0.492. The van der Waals surface area contributed by atoms with E-state index in [1.807, 2.05) is 22.8 Å². The number of benzene rings is 1. The number of ether oxygens (including phenoxy) is 1.